The summed E-state index contributed by atoms with van der Waals surface area (Å²) >= 11 is 9.16. The molecule has 0 saturated heterocycles. The van der Waals surface area contributed by atoms with Gasteiger partial charge in [0.15, 0.2) is 0 Å². The van der Waals surface area contributed by atoms with E-state index in [0.29, 0.717) is 27.4 Å². The Balaban J connectivity index is 1.29. The number of carbonyl (C=O) groups excluding carboxylic acids is 4. The molecule has 4 aromatic rings. The molecule has 0 atom stereocenters. The topological polar surface area (TPSA) is 114 Å². The van der Waals surface area contributed by atoms with Gasteiger partial charge in [-0.3, -0.25) is 25.2 Å². The summed E-state index contributed by atoms with van der Waals surface area (Å²) < 4.78 is 6.32. The summed E-state index contributed by atoms with van der Waals surface area (Å²) in [4.78, 5) is 49.5. The zero-order chi connectivity index (χ0) is 28.5. The van der Waals surface area contributed by atoms with Crippen molar-refractivity contribution in [3.8, 4) is 5.75 Å². The molecule has 0 spiro atoms. The van der Waals surface area contributed by atoms with Crippen LogP contribution in [-0.2, 0) is 4.79 Å². The van der Waals surface area contributed by atoms with Gasteiger partial charge in [-0.2, -0.15) is 0 Å². The van der Waals surface area contributed by atoms with Gasteiger partial charge in [0.25, 0.3) is 17.7 Å². The van der Waals surface area contributed by atoms with E-state index in [1.807, 2.05) is 0 Å². The SMILES string of the molecule is O=C(/C=C/c1ccccc1OC(=O)c1ccc(Br)cc1)NNC(=O)c1ccc(NC(=O)c2ccc(Cl)cc2)cc1. The second kappa shape index (κ2) is 13.4. The molecule has 0 bridgehead atoms. The highest BCUT2D eigenvalue weighted by Crippen LogP contribution is 2.21. The highest BCUT2D eigenvalue weighted by molar-refractivity contribution is 9.10. The third-order valence-electron chi connectivity index (χ3n) is 5.43. The number of ether oxygens (including phenoxy) is 1. The Morgan fingerprint density at radius 1 is 0.700 bits per heavy atom. The highest BCUT2D eigenvalue weighted by atomic mass is 79.9. The van der Waals surface area contributed by atoms with Crippen LogP contribution in [0.5, 0.6) is 5.75 Å². The molecule has 0 heterocycles. The van der Waals surface area contributed by atoms with E-state index in [4.69, 9.17) is 16.3 Å². The monoisotopic (exact) mass is 617 g/mol. The van der Waals surface area contributed by atoms with E-state index in [2.05, 4.69) is 32.1 Å². The van der Waals surface area contributed by atoms with Gasteiger partial charge in [-0.25, -0.2) is 4.79 Å². The van der Waals surface area contributed by atoms with Gasteiger partial charge in [-0.1, -0.05) is 45.7 Å². The fourth-order valence-electron chi connectivity index (χ4n) is 3.36. The number of para-hydroxylation sites is 1. The van der Waals surface area contributed by atoms with Crippen molar-refractivity contribution in [2.45, 2.75) is 0 Å². The summed E-state index contributed by atoms with van der Waals surface area (Å²) in [6.45, 7) is 0. The van der Waals surface area contributed by atoms with E-state index < -0.39 is 17.8 Å². The van der Waals surface area contributed by atoms with Gasteiger partial charge >= 0.3 is 5.97 Å². The first-order valence-corrected chi connectivity index (χ1v) is 13.0. The molecule has 0 saturated carbocycles. The number of carbonyl (C=O) groups is 4. The lowest BCUT2D eigenvalue weighted by Crippen LogP contribution is -2.40. The Hall–Kier alpha value is -4.73. The second-order valence-corrected chi connectivity index (χ2v) is 9.60. The van der Waals surface area contributed by atoms with Gasteiger partial charge in [0.2, 0.25) is 0 Å². The minimum atomic E-state index is -0.603. The summed E-state index contributed by atoms with van der Waals surface area (Å²) in [5.41, 5.74) is 6.67. The summed E-state index contributed by atoms with van der Waals surface area (Å²) in [7, 11) is 0. The van der Waals surface area contributed by atoms with Crippen LogP contribution in [0.15, 0.2) is 108 Å². The highest BCUT2D eigenvalue weighted by Gasteiger charge is 2.12. The van der Waals surface area contributed by atoms with E-state index in [9.17, 15) is 19.2 Å². The molecule has 0 unspecified atom stereocenters. The lowest BCUT2D eigenvalue weighted by atomic mass is 10.1. The van der Waals surface area contributed by atoms with Crippen LogP contribution in [0, 0.1) is 0 Å². The number of halogens is 2. The van der Waals surface area contributed by atoms with Gasteiger partial charge < -0.3 is 10.1 Å². The molecule has 0 aliphatic heterocycles. The fraction of sp³-hybridized carbons (Fsp3) is 0. The van der Waals surface area contributed by atoms with E-state index in [-0.39, 0.29) is 17.2 Å². The molecule has 4 aromatic carbocycles. The molecule has 0 radical (unpaired) electrons. The molecule has 0 fully saturated rings. The molecule has 3 amide bonds. The molecule has 40 heavy (non-hydrogen) atoms. The molecular formula is C30H21BrClN3O5. The number of hydrogen-bond donors (Lipinski definition) is 3. The largest absolute Gasteiger partial charge is 0.422 e. The molecule has 3 N–H and O–H groups in total. The number of esters is 1. The van der Waals surface area contributed by atoms with Gasteiger partial charge in [-0.05, 0) is 84.9 Å². The number of hydrogen-bond acceptors (Lipinski definition) is 5. The summed E-state index contributed by atoms with van der Waals surface area (Å²) in [5, 5.41) is 3.25. The number of amides is 3. The van der Waals surface area contributed by atoms with Crippen LogP contribution >= 0.6 is 27.5 Å². The third kappa shape index (κ3) is 7.89. The maximum atomic E-state index is 12.5. The summed E-state index contributed by atoms with van der Waals surface area (Å²) in [5.74, 6) is -1.75. The normalized spacial score (nSPS) is 10.6. The molecule has 4 rings (SSSR count). The van der Waals surface area contributed by atoms with E-state index in [1.165, 1.54) is 24.3 Å². The van der Waals surface area contributed by atoms with Crippen molar-refractivity contribution in [3.63, 3.8) is 0 Å². The Kier molecular flexibility index (Phi) is 9.45. The maximum Gasteiger partial charge on any atom is 0.343 e. The predicted octanol–water partition coefficient (Wildman–Crippen LogP) is 6.05. The zero-order valence-electron chi connectivity index (χ0n) is 20.7. The first-order valence-electron chi connectivity index (χ1n) is 11.8. The Labute approximate surface area is 243 Å². The van der Waals surface area contributed by atoms with Crippen molar-refractivity contribution in [2.75, 3.05) is 5.32 Å². The van der Waals surface area contributed by atoms with Crippen LogP contribution in [-0.4, -0.2) is 23.7 Å². The molecule has 200 valence electrons. The van der Waals surface area contributed by atoms with Gasteiger partial charge in [0, 0.05) is 37.9 Å². The molecule has 0 aliphatic carbocycles. The number of rotatable bonds is 7. The Bertz CT molecular complexity index is 1570. The maximum absolute atomic E-state index is 12.5. The van der Waals surface area contributed by atoms with Crippen LogP contribution in [0.25, 0.3) is 6.08 Å². The lowest BCUT2D eigenvalue weighted by molar-refractivity contribution is -0.117. The van der Waals surface area contributed by atoms with Crippen molar-refractivity contribution in [1.29, 1.82) is 0 Å². The van der Waals surface area contributed by atoms with Crippen molar-refractivity contribution in [3.05, 3.63) is 135 Å². The van der Waals surface area contributed by atoms with Crippen LogP contribution in [0.1, 0.15) is 36.6 Å². The molecule has 8 nitrogen and oxygen atoms in total. The average molecular weight is 619 g/mol. The Morgan fingerprint density at radius 3 is 2.00 bits per heavy atom. The van der Waals surface area contributed by atoms with Gasteiger partial charge in [0.05, 0.1) is 5.56 Å². The molecule has 0 aromatic heterocycles. The number of benzene rings is 4. The number of anilines is 1. The average Bonchev–Trinajstić information content (AvgIpc) is 2.96. The van der Waals surface area contributed by atoms with E-state index >= 15 is 0 Å². The quantitative estimate of drug-likeness (QED) is 0.101. The standard InChI is InChI=1S/C30H21BrClN3O5/c31-23-12-5-22(6-13-23)30(39)40-26-4-2-1-3-19(26)11-18-27(36)34-35-29(38)21-9-16-25(17-10-21)33-28(37)20-7-14-24(32)15-8-20/h1-18H,(H,33,37)(H,34,36)(H,35,38)/b18-11+. The van der Waals surface area contributed by atoms with Crippen molar-refractivity contribution >= 4 is 63.0 Å². The van der Waals surface area contributed by atoms with Crippen LogP contribution in [0.4, 0.5) is 5.69 Å². The van der Waals surface area contributed by atoms with Crippen LogP contribution in [0.2, 0.25) is 5.02 Å². The number of hydrazine groups is 1. The lowest BCUT2D eigenvalue weighted by Gasteiger charge is -2.09. The van der Waals surface area contributed by atoms with Gasteiger partial charge in [0.1, 0.15) is 5.75 Å². The second-order valence-electron chi connectivity index (χ2n) is 8.25. The summed E-state index contributed by atoms with van der Waals surface area (Å²) in [6, 6.07) is 26.0. The minimum absolute atomic E-state index is 0.263. The van der Waals surface area contributed by atoms with Gasteiger partial charge in [-0.15, -0.1) is 0 Å². The van der Waals surface area contributed by atoms with E-state index in [0.717, 1.165) is 4.47 Å². The summed E-state index contributed by atoms with van der Waals surface area (Å²) in [6.07, 6.45) is 2.66. The first kappa shape index (κ1) is 28.3. The smallest absolute Gasteiger partial charge is 0.343 e. The Morgan fingerprint density at radius 2 is 1.30 bits per heavy atom. The van der Waals surface area contributed by atoms with Crippen molar-refractivity contribution in [1.82, 2.24) is 10.9 Å². The van der Waals surface area contributed by atoms with Crippen molar-refractivity contribution in [2.24, 2.45) is 0 Å². The molecule has 0 aliphatic rings. The molecular weight excluding hydrogens is 598 g/mol. The first-order chi connectivity index (χ1) is 19.3. The molecule has 10 heteroatoms. The van der Waals surface area contributed by atoms with E-state index in [1.54, 1.807) is 84.9 Å². The minimum Gasteiger partial charge on any atom is -0.422 e. The van der Waals surface area contributed by atoms with Crippen molar-refractivity contribution < 1.29 is 23.9 Å². The van der Waals surface area contributed by atoms with Crippen LogP contribution < -0.4 is 20.9 Å². The fourth-order valence-corrected chi connectivity index (χ4v) is 3.75. The van der Waals surface area contributed by atoms with Crippen LogP contribution in [0.3, 0.4) is 0 Å². The number of nitrogens with one attached hydrogen (secondary N) is 3. The third-order valence-corrected chi connectivity index (χ3v) is 6.21. The predicted molar refractivity (Wildman–Crippen MR) is 156 cm³/mol. The zero-order valence-corrected chi connectivity index (χ0v) is 23.0.